The second-order valence-corrected chi connectivity index (χ2v) is 5.44. The smallest absolute Gasteiger partial charge is 0.171 e. The van der Waals surface area contributed by atoms with Crippen LogP contribution in [0.1, 0.15) is 6.92 Å². The second kappa shape index (κ2) is 6.05. The number of H-pyrrole nitrogens is 1. The molecule has 0 saturated heterocycles. The van der Waals surface area contributed by atoms with E-state index >= 15 is 0 Å². The summed E-state index contributed by atoms with van der Waals surface area (Å²) >= 11 is 1.57. The zero-order valence-corrected chi connectivity index (χ0v) is 12.7. The Balaban J connectivity index is 1.86. The summed E-state index contributed by atoms with van der Waals surface area (Å²) in [5.74, 6) is 1.70. The molecule has 2 aromatic heterocycles. The second-order valence-electron chi connectivity index (χ2n) is 4.38. The Morgan fingerprint density at radius 3 is 3.00 bits per heavy atom. The summed E-state index contributed by atoms with van der Waals surface area (Å²) in [5.41, 5.74) is 1.91. The van der Waals surface area contributed by atoms with Crippen molar-refractivity contribution >= 4 is 28.6 Å². The van der Waals surface area contributed by atoms with Gasteiger partial charge in [0.05, 0.1) is 17.6 Å². The van der Waals surface area contributed by atoms with Gasteiger partial charge in [-0.2, -0.15) is 0 Å². The lowest BCUT2D eigenvalue weighted by molar-refractivity contribution is 0.340. The monoisotopic (exact) mass is 300 g/mol. The highest BCUT2D eigenvalue weighted by molar-refractivity contribution is 7.99. The molecular formula is C15H16N4OS. The van der Waals surface area contributed by atoms with Crippen LogP contribution < -0.4 is 10.1 Å². The molecule has 5 nitrogen and oxygen atoms in total. The maximum absolute atomic E-state index is 5.50. The topological polar surface area (TPSA) is 62.8 Å². The Bertz CT molecular complexity index is 756. The number of fused-ring (bicyclic) bond motifs is 1. The van der Waals surface area contributed by atoms with Gasteiger partial charge in [0.2, 0.25) is 0 Å². The first-order chi connectivity index (χ1) is 10.3. The third-order valence-electron chi connectivity index (χ3n) is 2.94. The zero-order valence-electron chi connectivity index (χ0n) is 11.9. The highest BCUT2D eigenvalue weighted by Crippen LogP contribution is 2.29. The molecule has 2 heterocycles. The van der Waals surface area contributed by atoms with Crippen LogP contribution in [0.2, 0.25) is 0 Å². The van der Waals surface area contributed by atoms with E-state index in [0.29, 0.717) is 6.61 Å². The lowest BCUT2D eigenvalue weighted by atomic mass is 10.3. The molecule has 108 valence electrons. The number of pyridine rings is 1. The summed E-state index contributed by atoms with van der Waals surface area (Å²) in [6.07, 6.45) is 1.78. The molecule has 0 unspecified atom stereocenters. The van der Waals surface area contributed by atoms with Gasteiger partial charge in [-0.25, -0.2) is 9.97 Å². The van der Waals surface area contributed by atoms with Crippen LogP contribution in [-0.4, -0.2) is 28.6 Å². The van der Waals surface area contributed by atoms with E-state index in [4.69, 9.17) is 4.74 Å². The van der Waals surface area contributed by atoms with Crippen molar-refractivity contribution in [2.24, 2.45) is 0 Å². The Labute approximate surface area is 127 Å². The highest BCUT2D eigenvalue weighted by Gasteiger charge is 2.06. The van der Waals surface area contributed by atoms with Crippen molar-refractivity contribution in [1.29, 1.82) is 0 Å². The van der Waals surface area contributed by atoms with Gasteiger partial charge in [0.15, 0.2) is 5.16 Å². The van der Waals surface area contributed by atoms with E-state index in [9.17, 15) is 0 Å². The van der Waals surface area contributed by atoms with Gasteiger partial charge in [-0.15, -0.1) is 0 Å². The minimum Gasteiger partial charge on any atom is -0.494 e. The summed E-state index contributed by atoms with van der Waals surface area (Å²) in [5, 5.41) is 3.88. The minimum absolute atomic E-state index is 0.658. The van der Waals surface area contributed by atoms with Crippen molar-refractivity contribution in [3.63, 3.8) is 0 Å². The third-order valence-corrected chi connectivity index (χ3v) is 3.82. The van der Waals surface area contributed by atoms with Gasteiger partial charge in [-0.05, 0) is 31.2 Å². The van der Waals surface area contributed by atoms with Gasteiger partial charge in [0, 0.05) is 24.2 Å². The van der Waals surface area contributed by atoms with Gasteiger partial charge in [0.25, 0.3) is 0 Å². The molecule has 6 heteroatoms. The molecule has 0 atom stereocenters. The van der Waals surface area contributed by atoms with E-state index in [0.717, 1.165) is 32.7 Å². The first-order valence-electron chi connectivity index (χ1n) is 6.72. The summed E-state index contributed by atoms with van der Waals surface area (Å²) in [6.45, 7) is 2.63. The molecule has 0 aliphatic rings. The Morgan fingerprint density at radius 1 is 1.29 bits per heavy atom. The lowest BCUT2D eigenvalue weighted by Crippen LogP contribution is -1.91. The van der Waals surface area contributed by atoms with E-state index < -0.39 is 0 Å². The predicted octanol–water partition coefficient (Wildman–Crippen LogP) is 3.55. The van der Waals surface area contributed by atoms with Crippen molar-refractivity contribution in [3.05, 3.63) is 36.5 Å². The molecule has 21 heavy (non-hydrogen) atoms. The van der Waals surface area contributed by atoms with Crippen molar-refractivity contribution in [1.82, 2.24) is 15.0 Å². The van der Waals surface area contributed by atoms with E-state index in [2.05, 4.69) is 20.3 Å². The first-order valence-corrected chi connectivity index (χ1v) is 7.54. The molecule has 0 aliphatic heterocycles. The maximum atomic E-state index is 5.50. The molecule has 0 fully saturated rings. The van der Waals surface area contributed by atoms with Crippen LogP contribution in [0.25, 0.3) is 11.0 Å². The molecule has 3 aromatic rings. The number of imidazole rings is 1. The predicted molar refractivity (Wildman–Crippen MR) is 85.2 cm³/mol. The zero-order chi connectivity index (χ0) is 14.7. The first kappa shape index (κ1) is 13.8. The summed E-state index contributed by atoms with van der Waals surface area (Å²) in [6, 6.07) is 9.83. The molecule has 0 spiro atoms. The van der Waals surface area contributed by atoms with Crippen LogP contribution >= 0.6 is 11.8 Å². The number of benzene rings is 1. The van der Waals surface area contributed by atoms with Gasteiger partial charge in [-0.3, -0.25) is 0 Å². The fraction of sp³-hybridized carbons (Fsp3) is 0.200. The van der Waals surface area contributed by atoms with Gasteiger partial charge >= 0.3 is 0 Å². The van der Waals surface area contributed by atoms with E-state index in [-0.39, 0.29) is 0 Å². The van der Waals surface area contributed by atoms with Gasteiger partial charge < -0.3 is 15.0 Å². The number of aromatic amines is 1. The van der Waals surface area contributed by atoms with Crippen molar-refractivity contribution in [3.8, 4) is 5.75 Å². The fourth-order valence-corrected chi connectivity index (χ4v) is 2.82. The van der Waals surface area contributed by atoms with Crippen molar-refractivity contribution in [2.45, 2.75) is 17.0 Å². The average Bonchev–Trinajstić information content (AvgIpc) is 2.89. The molecule has 0 bridgehead atoms. The van der Waals surface area contributed by atoms with Crippen molar-refractivity contribution < 1.29 is 4.74 Å². The van der Waals surface area contributed by atoms with Crippen LogP contribution in [0, 0.1) is 0 Å². The number of aromatic nitrogens is 3. The Hall–Kier alpha value is -2.21. The number of anilines is 1. The van der Waals surface area contributed by atoms with Gasteiger partial charge in [-0.1, -0.05) is 11.8 Å². The van der Waals surface area contributed by atoms with E-state index in [1.165, 1.54) is 0 Å². The van der Waals surface area contributed by atoms with Gasteiger partial charge in [0.1, 0.15) is 11.6 Å². The third kappa shape index (κ3) is 3.11. The van der Waals surface area contributed by atoms with Crippen LogP contribution in [-0.2, 0) is 0 Å². The quantitative estimate of drug-likeness (QED) is 0.754. The van der Waals surface area contributed by atoms with Crippen LogP contribution in [0.3, 0.4) is 0 Å². The average molecular weight is 300 g/mol. The molecule has 3 rings (SSSR count). The number of nitrogens with one attached hydrogen (secondary N) is 2. The molecule has 0 amide bonds. The molecule has 0 aliphatic carbocycles. The molecular weight excluding hydrogens is 284 g/mol. The number of nitrogens with zero attached hydrogens (tertiary/aromatic N) is 2. The Morgan fingerprint density at radius 2 is 2.19 bits per heavy atom. The SMILES string of the molecule is CCOc1ccc2nc(Sc3ccnc(NC)c3)[nH]c2c1. The number of hydrogen-bond donors (Lipinski definition) is 2. The van der Waals surface area contributed by atoms with Crippen LogP contribution in [0.15, 0.2) is 46.6 Å². The minimum atomic E-state index is 0.658. The molecule has 1 aromatic carbocycles. The fourth-order valence-electron chi connectivity index (χ4n) is 1.99. The normalized spacial score (nSPS) is 10.8. The van der Waals surface area contributed by atoms with E-state index in [1.807, 2.05) is 44.3 Å². The summed E-state index contributed by atoms with van der Waals surface area (Å²) in [7, 11) is 1.85. The summed E-state index contributed by atoms with van der Waals surface area (Å²) in [4.78, 5) is 13.2. The standard InChI is InChI=1S/C15H16N4OS/c1-3-20-10-4-5-12-13(8-10)19-15(18-12)21-11-6-7-17-14(9-11)16-2/h4-9H,3H2,1-2H3,(H,16,17)(H,18,19). The number of rotatable bonds is 5. The summed E-state index contributed by atoms with van der Waals surface area (Å²) < 4.78 is 5.50. The molecule has 0 radical (unpaired) electrons. The highest BCUT2D eigenvalue weighted by atomic mass is 32.2. The maximum Gasteiger partial charge on any atom is 0.171 e. The largest absolute Gasteiger partial charge is 0.494 e. The molecule has 2 N–H and O–H groups in total. The number of ether oxygens (including phenoxy) is 1. The van der Waals surface area contributed by atoms with Crippen LogP contribution in [0.4, 0.5) is 5.82 Å². The Kier molecular flexibility index (Phi) is 3.96. The van der Waals surface area contributed by atoms with Crippen molar-refractivity contribution in [2.75, 3.05) is 19.0 Å². The molecule has 0 saturated carbocycles. The lowest BCUT2D eigenvalue weighted by Gasteiger charge is -2.01. The number of hydrogen-bond acceptors (Lipinski definition) is 5. The van der Waals surface area contributed by atoms with Crippen LogP contribution in [0.5, 0.6) is 5.75 Å². The van der Waals surface area contributed by atoms with E-state index in [1.54, 1.807) is 18.0 Å².